The molecular weight excluding hydrogens is 241 g/mol. The molecule has 0 bridgehead atoms. The lowest BCUT2D eigenvalue weighted by molar-refractivity contribution is 0.477. The van der Waals surface area contributed by atoms with E-state index in [1.165, 1.54) is 18.2 Å². The molecule has 17 heavy (non-hydrogen) atoms. The lowest BCUT2D eigenvalue weighted by Crippen LogP contribution is -1.86. The molecule has 0 spiro atoms. The molecule has 0 atom stereocenters. The second-order valence-electron chi connectivity index (χ2n) is 3.31. The Kier molecular flexibility index (Phi) is 3.27. The molecule has 0 aromatic heterocycles. The molecule has 0 aliphatic heterocycles. The Labute approximate surface area is 103 Å². The predicted octanol–water partition coefficient (Wildman–Crippen LogP) is 4.14. The average molecular weight is 248 g/mol. The van der Waals surface area contributed by atoms with Crippen molar-refractivity contribution in [2.45, 2.75) is 0 Å². The highest BCUT2D eigenvalue weighted by Gasteiger charge is 2.03. The van der Waals surface area contributed by atoms with Gasteiger partial charge in [0.2, 0.25) is 0 Å². The fourth-order valence-electron chi connectivity index (χ4n) is 1.32. The van der Waals surface area contributed by atoms with Crippen LogP contribution in [0.3, 0.4) is 0 Å². The van der Waals surface area contributed by atoms with Gasteiger partial charge in [0, 0.05) is 12.1 Å². The average Bonchev–Trinajstić information content (AvgIpc) is 2.29. The topological polar surface area (TPSA) is 33.0 Å². The molecular formula is C13H7ClFNO. The monoisotopic (exact) mass is 247 g/mol. The first-order valence-corrected chi connectivity index (χ1v) is 5.20. The van der Waals surface area contributed by atoms with Crippen molar-refractivity contribution in [1.82, 2.24) is 0 Å². The van der Waals surface area contributed by atoms with E-state index in [9.17, 15) is 4.39 Å². The van der Waals surface area contributed by atoms with Gasteiger partial charge in [0.1, 0.15) is 23.4 Å². The first kappa shape index (κ1) is 11.4. The van der Waals surface area contributed by atoms with Crippen LogP contribution >= 0.6 is 11.6 Å². The first-order valence-electron chi connectivity index (χ1n) is 4.82. The maximum atomic E-state index is 12.9. The van der Waals surface area contributed by atoms with Crippen LogP contribution in [0, 0.1) is 17.1 Å². The van der Waals surface area contributed by atoms with Crippen molar-refractivity contribution < 1.29 is 9.13 Å². The third-order valence-electron chi connectivity index (χ3n) is 2.09. The summed E-state index contributed by atoms with van der Waals surface area (Å²) >= 11 is 5.85. The summed E-state index contributed by atoms with van der Waals surface area (Å²) in [5, 5.41) is 9.02. The Morgan fingerprint density at radius 1 is 1.12 bits per heavy atom. The van der Waals surface area contributed by atoms with Crippen LogP contribution in [0.1, 0.15) is 5.56 Å². The third-order valence-corrected chi connectivity index (χ3v) is 2.41. The van der Waals surface area contributed by atoms with Gasteiger partial charge in [-0.25, -0.2) is 4.39 Å². The standard InChI is InChI=1S/C13H7ClFNO/c14-13-7-12(5-4-9(13)8-16)17-11-3-1-2-10(15)6-11/h1-7H. The summed E-state index contributed by atoms with van der Waals surface area (Å²) in [4.78, 5) is 0. The summed E-state index contributed by atoms with van der Waals surface area (Å²) < 4.78 is 18.3. The summed E-state index contributed by atoms with van der Waals surface area (Å²) in [6.45, 7) is 0. The zero-order valence-corrected chi connectivity index (χ0v) is 9.41. The zero-order chi connectivity index (χ0) is 12.3. The minimum atomic E-state index is -0.373. The molecule has 2 nitrogen and oxygen atoms in total. The lowest BCUT2D eigenvalue weighted by atomic mass is 10.2. The smallest absolute Gasteiger partial charge is 0.130 e. The maximum absolute atomic E-state index is 12.9. The largest absolute Gasteiger partial charge is 0.457 e. The summed E-state index contributed by atoms with van der Waals surface area (Å²) in [7, 11) is 0. The van der Waals surface area contributed by atoms with Crippen molar-refractivity contribution in [2.24, 2.45) is 0 Å². The SMILES string of the molecule is N#Cc1ccc(Oc2cccc(F)c2)cc1Cl. The number of nitriles is 1. The van der Waals surface area contributed by atoms with E-state index in [0.29, 0.717) is 22.1 Å². The van der Waals surface area contributed by atoms with Gasteiger partial charge in [-0.15, -0.1) is 0 Å². The fraction of sp³-hybridized carbons (Fsp3) is 0. The number of hydrogen-bond acceptors (Lipinski definition) is 2. The van der Waals surface area contributed by atoms with Gasteiger partial charge in [-0.3, -0.25) is 0 Å². The molecule has 0 aliphatic rings. The van der Waals surface area contributed by atoms with Gasteiger partial charge >= 0.3 is 0 Å². The molecule has 0 N–H and O–H groups in total. The number of ether oxygens (including phenoxy) is 1. The van der Waals surface area contributed by atoms with Crippen molar-refractivity contribution in [2.75, 3.05) is 0 Å². The number of hydrogen-bond donors (Lipinski definition) is 0. The van der Waals surface area contributed by atoms with E-state index in [0.717, 1.165) is 0 Å². The quantitative estimate of drug-likeness (QED) is 0.799. The highest BCUT2D eigenvalue weighted by Crippen LogP contribution is 2.26. The van der Waals surface area contributed by atoms with Gasteiger partial charge in [-0.1, -0.05) is 17.7 Å². The number of nitrogens with zero attached hydrogens (tertiary/aromatic N) is 1. The fourth-order valence-corrected chi connectivity index (χ4v) is 1.53. The van der Waals surface area contributed by atoms with Crippen molar-refractivity contribution in [3.05, 3.63) is 58.9 Å². The van der Waals surface area contributed by atoms with Gasteiger partial charge < -0.3 is 4.74 Å². The van der Waals surface area contributed by atoms with E-state index in [2.05, 4.69) is 0 Å². The van der Waals surface area contributed by atoms with E-state index in [-0.39, 0.29) is 5.82 Å². The van der Waals surface area contributed by atoms with Crippen LogP contribution in [0.5, 0.6) is 11.5 Å². The number of rotatable bonds is 2. The Hall–Kier alpha value is -2.05. The van der Waals surface area contributed by atoms with E-state index >= 15 is 0 Å². The second-order valence-corrected chi connectivity index (χ2v) is 3.72. The van der Waals surface area contributed by atoms with Crippen LogP contribution in [0.2, 0.25) is 5.02 Å². The Balaban J connectivity index is 2.25. The molecule has 0 radical (unpaired) electrons. The minimum absolute atomic E-state index is 0.307. The molecule has 0 saturated carbocycles. The Morgan fingerprint density at radius 2 is 1.88 bits per heavy atom. The highest BCUT2D eigenvalue weighted by atomic mass is 35.5. The Morgan fingerprint density at radius 3 is 2.53 bits per heavy atom. The van der Waals surface area contributed by atoms with Crippen LogP contribution in [-0.4, -0.2) is 0 Å². The number of benzene rings is 2. The van der Waals surface area contributed by atoms with Gasteiger partial charge in [0.25, 0.3) is 0 Å². The van der Waals surface area contributed by atoms with Crippen molar-refractivity contribution in [3.8, 4) is 17.6 Å². The van der Waals surface area contributed by atoms with Crippen molar-refractivity contribution in [3.63, 3.8) is 0 Å². The first-order chi connectivity index (χ1) is 8.19. The molecule has 2 aromatic carbocycles. The molecule has 0 saturated heterocycles. The van der Waals surface area contributed by atoms with Gasteiger partial charge in [-0.2, -0.15) is 5.26 Å². The zero-order valence-electron chi connectivity index (χ0n) is 8.65. The summed E-state index contributed by atoms with van der Waals surface area (Å²) in [5.74, 6) is 0.465. The molecule has 0 unspecified atom stereocenters. The minimum Gasteiger partial charge on any atom is -0.457 e. The second kappa shape index (κ2) is 4.86. The predicted molar refractivity (Wildman–Crippen MR) is 62.6 cm³/mol. The molecule has 0 aliphatic carbocycles. The molecule has 2 rings (SSSR count). The van der Waals surface area contributed by atoms with E-state index in [1.807, 2.05) is 6.07 Å². The summed E-state index contributed by atoms with van der Waals surface area (Å²) in [5.41, 5.74) is 0.373. The molecule has 2 aromatic rings. The molecule has 0 fully saturated rings. The lowest BCUT2D eigenvalue weighted by Gasteiger charge is -2.06. The number of halogens is 2. The van der Waals surface area contributed by atoms with E-state index < -0.39 is 0 Å². The van der Waals surface area contributed by atoms with Crippen LogP contribution in [0.4, 0.5) is 4.39 Å². The molecule has 0 heterocycles. The van der Waals surface area contributed by atoms with Crippen LogP contribution < -0.4 is 4.74 Å². The summed E-state index contributed by atoms with van der Waals surface area (Å²) in [6, 6.07) is 12.4. The van der Waals surface area contributed by atoms with Crippen molar-refractivity contribution >= 4 is 11.6 Å². The Bertz CT molecular complexity index is 592. The van der Waals surface area contributed by atoms with Crippen LogP contribution in [-0.2, 0) is 0 Å². The van der Waals surface area contributed by atoms with Crippen LogP contribution in [0.25, 0.3) is 0 Å². The maximum Gasteiger partial charge on any atom is 0.130 e. The third kappa shape index (κ3) is 2.74. The summed E-state index contributed by atoms with van der Waals surface area (Å²) in [6.07, 6.45) is 0. The highest BCUT2D eigenvalue weighted by molar-refractivity contribution is 6.31. The normalized spacial score (nSPS) is 9.71. The van der Waals surface area contributed by atoms with Gasteiger partial charge in [0.05, 0.1) is 10.6 Å². The van der Waals surface area contributed by atoms with E-state index in [4.69, 9.17) is 21.6 Å². The van der Waals surface area contributed by atoms with Crippen LogP contribution in [0.15, 0.2) is 42.5 Å². The van der Waals surface area contributed by atoms with Gasteiger partial charge in [0.15, 0.2) is 0 Å². The molecule has 0 amide bonds. The molecule has 4 heteroatoms. The van der Waals surface area contributed by atoms with Gasteiger partial charge in [-0.05, 0) is 24.3 Å². The van der Waals surface area contributed by atoms with E-state index in [1.54, 1.807) is 24.3 Å². The molecule has 84 valence electrons. The van der Waals surface area contributed by atoms with Crippen molar-refractivity contribution in [1.29, 1.82) is 5.26 Å².